The normalized spacial score (nSPS) is 10.7. The molecule has 0 amide bonds. The summed E-state index contributed by atoms with van der Waals surface area (Å²) in [7, 11) is 0. The van der Waals surface area contributed by atoms with E-state index in [2.05, 4.69) is 15.3 Å². The van der Waals surface area contributed by atoms with Crippen molar-refractivity contribution in [2.24, 2.45) is 0 Å². The zero-order chi connectivity index (χ0) is 14.9. The highest BCUT2D eigenvalue weighted by molar-refractivity contribution is 5.63. The van der Waals surface area contributed by atoms with Crippen LogP contribution in [0.15, 0.2) is 12.1 Å². The predicted octanol–water partition coefficient (Wildman–Crippen LogP) is 3.51. The maximum atomic E-state index is 9.86. The van der Waals surface area contributed by atoms with Gasteiger partial charge in [0, 0.05) is 23.4 Å². The molecule has 1 heterocycles. The van der Waals surface area contributed by atoms with Crippen LogP contribution in [-0.2, 0) is 0 Å². The van der Waals surface area contributed by atoms with E-state index in [0.717, 1.165) is 40.3 Å². The molecule has 1 aromatic heterocycles. The number of nitrogens with one attached hydrogen (secondary N) is 1. The topological polar surface area (TPSA) is 58.0 Å². The van der Waals surface area contributed by atoms with Gasteiger partial charge in [-0.2, -0.15) is 0 Å². The third-order valence-corrected chi connectivity index (χ3v) is 3.48. The van der Waals surface area contributed by atoms with E-state index in [1.807, 2.05) is 46.8 Å². The Morgan fingerprint density at radius 2 is 1.65 bits per heavy atom. The molecule has 0 fully saturated rings. The Morgan fingerprint density at radius 3 is 2.20 bits per heavy atom. The van der Waals surface area contributed by atoms with Crippen molar-refractivity contribution in [1.82, 2.24) is 9.97 Å². The lowest BCUT2D eigenvalue weighted by atomic mass is 10.0. The first-order chi connectivity index (χ1) is 9.43. The molecule has 0 aliphatic carbocycles. The van der Waals surface area contributed by atoms with Gasteiger partial charge in [-0.15, -0.1) is 0 Å². The summed E-state index contributed by atoms with van der Waals surface area (Å²) in [5, 5.41) is 13.1. The van der Waals surface area contributed by atoms with Gasteiger partial charge in [-0.05, 0) is 57.9 Å². The fraction of sp³-hybridized carbons (Fsp3) is 0.375. The van der Waals surface area contributed by atoms with Crippen LogP contribution in [0, 0.1) is 27.7 Å². The van der Waals surface area contributed by atoms with E-state index < -0.39 is 0 Å². The smallest absolute Gasteiger partial charge is 0.161 e. The number of hydrogen-bond acceptors (Lipinski definition) is 4. The van der Waals surface area contributed by atoms with Crippen LogP contribution >= 0.6 is 0 Å². The Morgan fingerprint density at radius 1 is 1.05 bits per heavy atom. The highest BCUT2D eigenvalue weighted by Gasteiger charge is 2.11. The minimum absolute atomic E-state index is 0.337. The summed E-state index contributed by atoms with van der Waals surface area (Å²) in [6, 6.07) is 3.84. The average molecular weight is 271 g/mol. The molecule has 1 aromatic carbocycles. The molecular formula is C16H21N3O. The molecule has 0 bridgehead atoms. The van der Waals surface area contributed by atoms with Gasteiger partial charge in [0.15, 0.2) is 5.82 Å². The Bertz CT molecular complexity index is 627. The molecule has 4 nitrogen and oxygen atoms in total. The van der Waals surface area contributed by atoms with Crippen LogP contribution in [0.5, 0.6) is 5.75 Å². The number of anilines is 1. The van der Waals surface area contributed by atoms with Gasteiger partial charge in [-0.1, -0.05) is 0 Å². The molecule has 0 unspecified atom stereocenters. The lowest BCUT2D eigenvalue weighted by Gasteiger charge is -2.12. The number of aryl methyl sites for hydroxylation is 3. The summed E-state index contributed by atoms with van der Waals surface area (Å²) in [5.41, 5.74) is 4.65. The second-order valence-corrected chi connectivity index (χ2v) is 5.10. The fourth-order valence-electron chi connectivity index (χ4n) is 2.18. The van der Waals surface area contributed by atoms with Crippen LogP contribution in [0.2, 0.25) is 0 Å². The van der Waals surface area contributed by atoms with Crippen LogP contribution in [-0.4, -0.2) is 21.6 Å². The first-order valence-corrected chi connectivity index (χ1v) is 6.83. The second kappa shape index (κ2) is 5.49. The number of aromatic hydroxyl groups is 1. The van der Waals surface area contributed by atoms with E-state index in [1.165, 1.54) is 0 Å². The zero-order valence-corrected chi connectivity index (χ0v) is 12.7. The van der Waals surface area contributed by atoms with Crippen molar-refractivity contribution in [3.8, 4) is 17.1 Å². The number of aromatic nitrogens is 2. The van der Waals surface area contributed by atoms with Gasteiger partial charge in [-0.3, -0.25) is 0 Å². The minimum Gasteiger partial charge on any atom is -0.507 e. The zero-order valence-electron chi connectivity index (χ0n) is 12.7. The molecule has 4 heteroatoms. The molecule has 2 N–H and O–H groups in total. The minimum atomic E-state index is 0.337. The maximum absolute atomic E-state index is 9.86. The maximum Gasteiger partial charge on any atom is 0.161 e. The average Bonchev–Trinajstić information content (AvgIpc) is 2.40. The van der Waals surface area contributed by atoms with Crippen molar-refractivity contribution in [3.05, 3.63) is 34.5 Å². The number of phenols is 1. The van der Waals surface area contributed by atoms with E-state index in [9.17, 15) is 5.11 Å². The first kappa shape index (κ1) is 14.3. The number of rotatable bonds is 3. The van der Waals surface area contributed by atoms with E-state index in [0.29, 0.717) is 11.6 Å². The van der Waals surface area contributed by atoms with Gasteiger partial charge in [0.2, 0.25) is 0 Å². The van der Waals surface area contributed by atoms with E-state index in [-0.39, 0.29) is 0 Å². The quantitative estimate of drug-likeness (QED) is 0.896. The first-order valence-electron chi connectivity index (χ1n) is 6.83. The van der Waals surface area contributed by atoms with Gasteiger partial charge in [0.25, 0.3) is 0 Å². The molecule has 106 valence electrons. The summed E-state index contributed by atoms with van der Waals surface area (Å²) in [6.07, 6.45) is 0. The van der Waals surface area contributed by atoms with Crippen molar-refractivity contribution < 1.29 is 5.11 Å². The number of benzene rings is 1. The van der Waals surface area contributed by atoms with Gasteiger partial charge < -0.3 is 10.4 Å². The van der Waals surface area contributed by atoms with Crippen molar-refractivity contribution in [1.29, 1.82) is 0 Å². The summed E-state index contributed by atoms with van der Waals surface area (Å²) in [4.78, 5) is 9.17. The Kier molecular flexibility index (Phi) is 3.93. The molecule has 2 rings (SSSR count). The van der Waals surface area contributed by atoms with Gasteiger partial charge in [-0.25, -0.2) is 9.97 Å². The largest absolute Gasteiger partial charge is 0.507 e. The van der Waals surface area contributed by atoms with Crippen LogP contribution in [0.25, 0.3) is 11.4 Å². The number of phenolic OH excluding ortho intramolecular Hbond substituents is 1. The second-order valence-electron chi connectivity index (χ2n) is 5.10. The summed E-state index contributed by atoms with van der Waals surface area (Å²) < 4.78 is 0. The van der Waals surface area contributed by atoms with E-state index in [1.54, 1.807) is 0 Å². The molecule has 0 aliphatic rings. The van der Waals surface area contributed by atoms with Crippen molar-refractivity contribution in [2.45, 2.75) is 34.6 Å². The molecule has 0 radical (unpaired) electrons. The summed E-state index contributed by atoms with van der Waals surface area (Å²) in [6.45, 7) is 10.7. The Balaban J connectivity index is 2.58. The van der Waals surface area contributed by atoms with Crippen LogP contribution < -0.4 is 5.32 Å². The molecule has 0 saturated heterocycles. The summed E-state index contributed by atoms with van der Waals surface area (Å²) in [5.74, 6) is 1.90. The predicted molar refractivity (Wildman–Crippen MR) is 82.2 cm³/mol. The Labute approximate surface area is 119 Å². The Hall–Kier alpha value is -2.10. The van der Waals surface area contributed by atoms with Gasteiger partial charge >= 0.3 is 0 Å². The SMILES string of the molecule is CCNc1nc(-c2cc(C)c(O)c(C)c2)nc(C)c1C. The molecule has 0 spiro atoms. The fourth-order valence-corrected chi connectivity index (χ4v) is 2.18. The molecular weight excluding hydrogens is 250 g/mol. The molecule has 0 aliphatic heterocycles. The summed E-state index contributed by atoms with van der Waals surface area (Å²) >= 11 is 0. The van der Waals surface area contributed by atoms with Crippen LogP contribution in [0.3, 0.4) is 0 Å². The third kappa shape index (κ3) is 2.59. The van der Waals surface area contributed by atoms with Crippen LogP contribution in [0.4, 0.5) is 5.82 Å². The van der Waals surface area contributed by atoms with Gasteiger partial charge in [0.05, 0.1) is 0 Å². The number of hydrogen-bond donors (Lipinski definition) is 2. The highest BCUT2D eigenvalue weighted by Crippen LogP contribution is 2.28. The van der Waals surface area contributed by atoms with Crippen LogP contribution in [0.1, 0.15) is 29.3 Å². The monoisotopic (exact) mass is 271 g/mol. The molecule has 20 heavy (non-hydrogen) atoms. The molecule has 2 aromatic rings. The number of nitrogens with zero attached hydrogens (tertiary/aromatic N) is 2. The van der Waals surface area contributed by atoms with Crippen molar-refractivity contribution >= 4 is 5.82 Å². The van der Waals surface area contributed by atoms with Crippen molar-refractivity contribution in [2.75, 3.05) is 11.9 Å². The van der Waals surface area contributed by atoms with Crippen molar-refractivity contribution in [3.63, 3.8) is 0 Å². The lowest BCUT2D eigenvalue weighted by molar-refractivity contribution is 0.467. The third-order valence-electron chi connectivity index (χ3n) is 3.48. The highest BCUT2D eigenvalue weighted by atomic mass is 16.3. The molecule has 0 atom stereocenters. The van der Waals surface area contributed by atoms with E-state index in [4.69, 9.17) is 0 Å². The lowest BCUT2D eigenvalue weighted by Crippen LogP contribution is -2.06. The van der Waals surface area contributed by atoms with E-state index >= 15 is 0 Å². The van der Waals surface area contributed by atoms with Gasteiger partial charge in [0.1, 0.15) is 11.6 Å². The molecule has 0 saturated carbocycles. The standard InChI is InChI=1S/C16H21N3O/c1-6-17-15-11(4)12(5)18-16(19-15)13-7-9(2)14(20)10(3)8-13/h7-8,20H,6H2,1-5H3,(H,17,18,19).